The Morgan fingerprint density at radius 1 is 0.942 bits per heavy atom. The van der Waals surface area contributed by atoms with Crippen molar-refractivity contribution in [2.24, 2.45) is 5.92 Å². The molecule has 0 aliphatic carbocycles. The number of carbonyl (C=O) groups is 3. The molecule has 17 nitrogen and oxygen atoms in total. The summed E-state index contributed by atoms with van der Waals surface area (Å²) in [6, 6.07) is 6.40. The Balaban J connectivity index is 1.46. The van der Waals surface area contributed by atoms with Gasteiger partial charge in [-0.1, -0.05) is 26.0 Å². The smallest absolute Gasteiger partial charge is 0.308 e. The van der Waals surface area contributed by atoms with Crippen molar-refractivity contribution in [2.45, 2.75) is 127 Å². The summed E-state index contributed by atoms with van der Waals surface area (Å²) in [5, 5.41) is 63.0. The number of aliphatic hydroxyl groups excluding tert-OH is 5. The van der Waals surface area contributed by atoms with Crippen LogP contribution < -0.4 is 20.7 Å². The van der Waals surface area contributed by atoms with Crippen LogP contribution in [0.4, 0.5) is 0 Å². The highest BCUT2D eigenvalue weighted by atomic mass is 16.8. The first kappa shape index (κ1) is 41.8. The van der Waals surface area contributed by atoms with Crippen LogP contribution in [0.2, 0.25) is 0 Å². The van der Waals surface area contributed by atoms with Crippen LogP contribution in [0.5, 0.6) is 5.75 Å². The van der Waals surface area contributed by atoms with Gasteiger partial charge in [0.1, 0.15) is 55.1 Å². The highest BCUT2D eigenvalue weighted by Gasteiger charge is 2.51. The zero-order chi connectivity index (χ0) is 37.9. The van der Waals surface area contributed by atoms with Crippen molar-refractivity contribution in [3.63, 3.8) is 0 Å². The minimum absolute atomic E-state index is 0.133. The highest BCUT2D eigenvalue weighted by molar-refractivity contribution is 5.76. The lowest BCUT2D eigenvalue weighted by Gasteiger charge is -2.45. The molecule has 3 aliphatic heterocycles. The predicted molar refractivity (Wildman–Crippen MR) is 181 cm³/mol. The van der Waals surface area contributed by atoms with Gasteiger partial charge in [-0.05, 0) is 57.0 Å². The zero-order valence-corrected chi connectivity index (χ0v) is 30.1. The van der Waals surface area contributed by atoms with Crippen molar-refractivity contribution < 1.29 is 68.3 Å². The van der Waals surface area contributed by atoms with Crippen molar-refractivity contribution in [1.82, 2.24) is 16.0 Å². The van der Waals surface area contributed by atoms with E-state index in [0.29, 0.717) is 45.4 Å². The summed E-state index contributed by atoms with van der Waals surface area (Å²) in [7, 11) is 0. The molecular formula is C35H55N3O14. The van der Waals surface area contributed by atoms with Crippen LogP contribution in [0, 0.1) is 5.92 Å². The minimum Gasteiger partial charge on any atom is -0.463 e. The van der Waals surface area contributed by atoms with Gasteiger partial charge in [0.05, 0.1) is 12.0 Å². The average molecular weight is 742 g/mol. The molecule has 0 bridgehead atoms. The second-order valence-electron chi connectivity index (χ2n) is 13.6. The Hall–Kier alpha value is -2.97. The second-order valence-corrected chi connectivity index (χ2v) is 13.6. The summed E-state index contributed by atoms with van der Waals surface area (Å²) in [4.78, 5) is 36.6. The van der Waals surface area contributed by atoms with Gasteiger partial charge in [0.2, 0.25) is 12.2 Å². The van der Waals surface area contributed by atoms with Gasteiger partial charge in [0.25, 0.3) is 0 Å². The Bertz CT molecular complexity index is 1290. The third-order valence-corrected chi connectivity index (χ3v) is 9.49. The fourth-order valence-electron chi connectivity index (χ4n) is 6.08. The molecule has 17 heteroatoms. The first-order valence-electron chi connectivity index (χ1n) is 18.0. The summed E-state index contributed by atoms with van der Waals surface area (Å²) in [5.41, 5.74) is 0.770. The Morgan fingerprint density at radius 3 is 2.37 bits per heavy atom. The lowest BCUT2D eigenvalue weighted by atomic mass is 9.97. The number of rotatable bonds is 10. The number of esters is 2. The molecule has 3 fully saturated rings. The van der Waals surface area contributed by atoms with E-state index in [1.54, 1.807) is 31.2 Å². The van der Waals surface area contributed by atoms with Crippen LogP contribution in [0.1, 0.15) is 65.0 Å². The third kappa shape index (κ3) is 11.5. The van der Waals surface area contributed by atoms with Gasteiger partial charge in [-0.3, -0.25) is 14.4 Å². The molecule has 13 unspecified atom stereocenters. The number of amides is 1. The lowest BCUT2D eigenvalue weighted by Crippen LogP contribution is -2.64. The fourth-order valence-corrected chi connectivity index (χ4v) is 6.08. The average Bonchev–Trinajstić information content (AvgIpc) is 3.13. The minimum atomic E-state index is -1.79. The summed E-state index contributed by atoms with van der Waals surface area (Å²) in [5.74, 6) is -1.16. The molecule has 0 spiro atoms. The number of aliphatic hydroxyl groups is 5. The molecule has 52 heavy (non-hydrogen) atoms. The quantitative estimate of drug-likeness (QED) is 0.131. The molecule has 0 saturated carbocycles. The van der Waals surface area contributed by atoms with E-state index in [-0.39, 0.29) is 36.2 Å². The van der Waals surface area contributed by atoms with Gasteiger partial charge in [0, 0.05) is 32.5 Å². The van der Waals surface area contributed by atoms with Crippen LogP contribution >= 0.6 is 0 Å². The number of benzene rings is 1. The number of hydrogen-bond donors (Lipinski definition) is 8. The van der Waals surface area contributed by atoms with Crippen LogP contribution in [-0.4, -0.2) is 144 Å². The van der Waals surface area contributed by atoms with E-state index >= 15 is 0 Å². The first-order valence-corrected chi connectivity index (χ1v) is 18.0. The molecule has 8 N–H and O–H groups in total. The molecule has 1 amide bonds. The van der Waals surface area contributed by atoms with E-state index in [4.69, 9.17) is 28.4 Å². The molecular weight excluding hydrogens is 686 g/mol. The zero-order valence-electron chi connectivity index (χ0n) is 30.1. The number of nitrogens with one attached hydrogen (secondary N) is 3. The van der Waals surface area contributed by atoms with Gasteiger partial charge in [0.15, 0.2) is 12.4 Å². The van der Waals surface area contributed by atoms with E-state index in [1.807, 2.05) is 6.92 Å². The van der Waals surface area contributed by atoms with Gasteiger partial charge >= 0.3 is 11.9 Å². The van der Waals surface area contributed by atoms with Crippen molar-refractivity contribution in [1.29, 1.82) is 0 Å². The van der Waals surface area contributed by atoms with Crippen molar-refractivity contribution >= 4 is 17.8 Å². The largest absolute Gasteiger partial charge is 0.463 e. The first-order chi connectivity index (χ1) is 24.8. The molecule has 0 radical (unpaired) electrons. The van der Waals surface area contributed by atoms with E-state index in [9.17, 15) is 39.9 Å². The van der Waals surface area contributed by atoms with E-state index in [2.05, 4.69) is 16.0 Å². The van der Waals surface area contributed by atoms with E-state index < -0.39 is 79.9 Å². The predicted octanol–water partition coefficient (Wildman–Crippen LogP) is -1.23. The van der Waals surface area contributed by atoms with Gasteiger partial charge < -0.3 is 69.9 Å². The Morgan fingerprint density at radius 2 is 1.67 bits per heavy atom. The molecule has 0 aromatic heterocycles. The van der Waals surface area contributed by atoms with Crippen molar-refractivity contribution in [3.8, 4) is 5.75 Å². The van der Waals surface area contributed by atoms with Gasteiger partial charge in [-0.15, -0.1) is 0 Å². The van der Waals surface area contributed by atoms with Crippen molar-refractivity contribution in [3.05, 3.63) is 29.8 Å². The standard InChI is InChI=1S/C35H55N3O14/c1-5-18(2)33(46)47-17-25-28(42)29(43)31(45)34(51-25)52-32-30(44)27(41)19(3)48-35(32)50-22-9-7-21(8-10-22)24-15-26(40)38-13-6-12-36-16-23(11-14-37-24)49-20(4)39/h7-10,18-19,23-25,27-32,34-37,41-45H,5-6,11-17H2,1-4H3,(H,38,40). The van der Waals surface area contributed by atoms with E-state index in [1.165, 1.54) is 13.8 Å². The fraction of sp³-hybridized carbons (Fsp3) is 0.743. The van der Waals surface area contributed by atoms with Crippen LogP contribution in [-0.2, 0) is 38.1 Å². The number of ether oxygens (including phenoxy) is 6. The summed E-state index contributed by atoms with van der Waals surface area (Å²) in [6.07, 6.45) is -13.3. The second kappa shape index (κ2) is 19.9. The molecule has 3 aliphatic rings. The molecule has 3 saturated heterocycles. The third-order valence-electron chi connectivity index (χ3n) is 9.49. The normalized spacial score (nSPS) is 35.8. The maximum Gasteiger partial charge on any atom is 0.308 e. The maximum atomic E-state index is 12.8. The van der Waals surface area contributed by atoms with Crippen LogP contribution in [0.3, 0.4) is 0 Å². The Labute approximate surface area is 303 Å². The monoisotopic (exact) mass is 741 g/mol. The van der Waals surface area contributed by atoms with Crippen LogP contribution in [0.15, 0.2) is 24.3 Å². The summed E-state index contributed by atoms with van der Waals surface area (Å²) < 4.78 is 34.2. The maximum absolute atomic E-state index is 12.8. The molecule has 3 heterocycles. The topological polar surface area (TPSA) is 244 Å². The molecule has 4 rings (SSSR count). The molecule has 1 aromatic carbocycles. The lowest BCUT2D eigenvalue weighted by molar-refractivity contribution is -0.355. The highest BCUT2D eigenvalue weighted by Crippen LogP contribution is 2.31. The van der Waals surface area contributed by atoms with Gasteiger partial charge in [-0.2, -0.15) is 0 Å². The van der Waals surface area contributed by atoms with Crippen molar-refractivity contribution in [2.75, 3.05) is 32.8 Å². The Kier molecular flexibility index (Phi) is 16.0. The molecule has 294 valence electrons. The molecule has 1 aromatic rings. The SMILES string of the molecule is CCC(C)C(=O)OCC1OC(OC2C(Oc3ccc(C4CC(=O)NCCCNCC(OC(C)=O)CCN4)cc3)OC(C)C(O)C2O)C(O)C(O)C1O. The van der Waals surface area contributed by atoms with E-state index in [0.717, 1.165) is 5.56 Å². The summed E-state index contributed by atoms with van der Waals surface area (Å²) in [6.45, 7) is 8.05. The van der Waals surface area contributed by atoms with Gasteiger partial charge in [-0.25, -0.2) is 0 Å². The molecule has 13 atom stereocenters. The number of carbonyl (C=O) groups excluding carboxylic acids is 3. The number of hydrogen-bond acceptors (Lipinski definition) is 16. The summed E-state index contributed by atoms with van der Waals surface area (Å²) >= 11 is 0. The van der Waals surface area contributed by atoms with Crippen LogP contribution in [0.25, 0.3) is 0 Å².